The van der Waals surface area contributed by atoms with Crippen LogP contribution in [-0.4, -0.2) is 98.6 Å². The predicted octanol–water partition coefficient (Wildman–Crippen LogP) is 1.07. The number of benzene rings is 1. The van der Waals surface area contributed by atoms with Gasteiger partial charge in [-0.15, -0.1) is 0 Å². The lowest BCUT2D eigenvalue weighted by molar-refractivity contribution is -0.146. The first-order valence-electron chi connectivity index (χ1n) is 13.0. The lowest BCUT2D eigenvalue weighted by Crippen LogP contribution is -2.47. The van der Waals surface area contributed by atoms with Crippen molar-refractivity contribution in [2.75, 3.05) is 57.8 Å². The molecule has 2 heterocycles. The number of esters is 1. The third kappa shape index (κ3) is 9.13. The molecule has 0 bridgehead atoms. The van der Waals surface area contributed by atoms with Gasteiger partial charge in [0.15, 0.2) is 5.84 Å². The predicted molar refractivity (Wildman–Crippen MR) is 145 cm³/mol. The summed E-state index contributed by atoms with van der Waals surface area (Å²) in [5.74, 6) is -0.601. The van der Waals surface area contributed by atoms with Crippen molar-refractivity contribution in [1.82, 2.24) is 20.4 Å². The molecule has 4 N–H and O–H groups in total. The Morgan fingerprint density at radius 1 is 1.08 bits per heavy atom. The fourth-order valence-electron chi connectivity index (χ4n) is 3.93. The van der Waals surface area contributed by atoms with Crippen molar-refractivity contribution in [3.63, 3.8) is 0 Å². The van der Waals surface area contributed by atoms with E-state index in [0.29, 0.717) is 43.9 Å². The number of amides is 4. The first-order valence-corrected chi connectivity index (χ1v) is 13.0. The van der Waals surface area contributed by atoms with E-state index in [2.05, 4.69) is 20.7 Å². The van der Waals surface area contributed by atoms with E-state index in [1.807, 2.05) is 27.8 Å². The molecule has 1 unspecified atom stereocenters. The minimum Gasteiger partial charge on any atom is -0.465 e. The number of oxime groups is 1. The molecular formula is C26H39N7O6. The number of hydrogen-bond donors (Lipinski definition) is 3. The fourth-order valence-corrected chi connectivity index (χ4v) is 3.93. The number of urea groups is 1. The lowest BCUT2D eigenvalue weighted by Gasteiger charge is -2.30. The number of amidine groups is 1. The molecule has 0 spiro atoms. The molecule has 13 nitrogen and oxygen atoms in total. The standard InChI is InChI=1S/C26H39N7O6/c1-26(2,3)17-38-21(34)9-11-28-24(36)29-20-10-12-33(23(20)35)19-7-5-18(6-8-19)22(27)30-39-25(37)32-15-13-31(4)14-16-32/h5-8,20H,9-17H2,1-4H3,(H2,27,30)(H2,28,29,36). The Hall–Kier alpha value is -3.87. The van der Waals surface area contributed by atoms with Crippen LogP contribution in [0, 0.1) is 5.41 Å². The molecular weight excluding hydrogens is 506 g/mol. The number of rotatable bonds is 8. The average Bonchev–Trinajstić information content (AvgIpc) is 3.25. The molecule has 13 heteroatoms. The summed E-state index contributed by atoms with van der Waals surface area (Å²) in [6.45, 7) is 9.36. The van der Waals surface area contributed by atoms with Crippen molar-refractivity contribution in [2.24, 2.45) is 16.3 Å². The number of carbonyl (C=O) groups excluding carboxylic acids is 4. The summed E-state index contributed by atoms with van der Waals surface area (Å²) in [5.41, 5.74) is 7.02. The van der Waals surface area contributed by atoms with E-state index in [1.165, 1.54) is 0 Å². The molecule has 0 aliphatic carbocycles. The maximum absolute atomic E-state index is 12.9. The number of nitrogens with zero attached hydrogens (tertiary/aromatic N) is 4. The summed E-state index contributed by atoms with van der Waals surface area (Å²) in [4.78, 5) is 59.3. The van der Waals surface area contributed by atoms with Crippen molar-refractivity contribution in [1.29, 1.82) is 0 Å². The monoisotopic (exact) mass is 545 g/mol. The second-order valence-electron chi connectivity index (χ2n) is 10.9. The third-order valence-corrected chi connectivity index (χ3v) is 6.25. The number of piperazine rings is 1. The Labute approximate surface area is 228 Å². The second-order valence-corrected chi connectivity index (χ2v) is 10.9. The van der Waals surface area contributed by atoms with Gasteiger partial charge >= 0.3 is 18.1 Å². The van der Waals surface area contributed by atoms with Gasteiger partial charge in [-0.05, 0) is 43.1 Å². The van der Waals surface area contributed by atoms with Crippen molar-refractivity contribution >= 4 is 35.5 Å². The van der Waals surface area contributed by atoms with E-state index in [9.17, 15) is 19.2 Å². The maximum Gasteiger partial charge on any atom is 0.436 e. The van der Waals surface area contributed by atoms with Crippen LogP contribution in [0.1, 0.15) is 39.2 Å². The largest absolute Gasteiger partial charge is 0.465 e. The Bertz CT molecular complexity index is 1060. The zero-order valence-corrected chi connectivity index (χ0v) is 23.1. The zero-order valence-electron chi connectivity index (χ0n) is 23.1. The van der Waals surface area contributed by atoms with Crippen LogP contribution in [0.2, 0.25) is 0 Å². The van der Waals surface area contributed by atoms with Crippen LogP contribution < -0.4 is 21.3 Å². The highest BCUT2D eigenvalue weighted by atomic mass is 16.7. The van der Waals surface area contributed by atoms with Crippen molar-refractivity contribution in [3.05, 3.63) is 29.8 Å². The van der Waals surface area contributed by atoms with E-state index in [0.717, 1.165) is 13.1 Å². The smallest absolute Gasteiger partial charge is 0.436 e. The van der Waals surface area contributed by atoms with Gasteiger partial charge < -0.3 is 35.8 Å². The molecule has 2 fully saturated rings. The van der Waals surface area contributed by atoms with Gasteiger partial charge in [0.2, 0.25) is 5.91 Å². The average molecular weight is 546 g/mol. The molecule has 0 saturated carbocycles. The number of nitrogens with two attached hydrogens (primary N) is 1. The Balaban J connectivity index is 1.43. The second kappa shape index (κ2) is 13.3. The van der Waals surface area contributed by atoms with Crippen LogP contribution in [-0.2, 0) is 19.2 Å². The molecule has 0 radical (unpaired) electrons. The Kier molecular flexibility index (Phi) is 10.1. The van der Waals surface area contributed by atoms with Crippen molar-refractivity contribution < 1.29 is 28.8 Å². The normalized spacial score (nSPS) is 18.6. The molecule has 2 aliphatic rings. The summed E-state index contributed by atoms with van der Waals surface area (Å²) in [6.07, 6.45) is -0.0661. The van der Waals surface area contributed by atoms with Crippen LogP contribution >= 0.6 is 0 Å². The van der Waals surface area contributed by atoms with E-state index in [-0.39, 0.29) is 30.1 Å². The molecule has 1 aromatic carbocycles. The summed E-state index contributed by atoms with van der Waals surface area (Å²) in [5, 5.41) is 9.00. The van der Waals surface area contributed by atoms with E-state index < -0.39 is 24.1 Å². The molecule has 214 valence electrons. The number of ether oxygens (including phenoxy) is 1. The van der Waals surface area contributed by atoms with Crippen LogP contribution in [0.3, 0.4) is 0 Å². The molecule has 1 atom stereocenters. The first-order chi connectivity index (χ1) is 18.4. The number of nitrogens with one attached hydrogen (secondary N) is 2. The minimum absolute atomic E-state index is 0.0373. The molecule has 2 saturated heterocycles. The van der Waals surface area contributed by atoms with E-state index in [4.69, 9.17) is 15.3 Å². The van der Waals surface area contributed by atoms with Crippen LogP contribution in [0.15, 0.2) is 29.4 Å². The lowest BCUT2D eigenvalue weighted by atomic mass is 9.99. The number of carbonyl (C=O) groups is 4. The molecule has 39 heavy (non-hydrogen) atoms. The van der Waals surface area contributed by atoms with E-state index >= 15 is 0 Å². The summed E-state index contributed by atoms with van der Waals surface area (Å²) in [7, 11) is 1.99. The molecule has 0 aromatic heterocycles. The molecule has 2 aliphatic heterocycles. The van der Waals surface area contributed by atoms with Gasteiger partial charge in [0.05, 0.1) is 13.0 Å². The maximum atomic E-state index is 12.9. The van der Waals surface area contributed by atoms with Crippen LogP contribution in [0.4, 0.5) is 15.3 Å². The minimum atomic E-state index is -0.682. The van der Waals surface area contributed by atoms with Gasteiger partial charge in [-0.25, -0.2) is 9.59 Å². The topological polar surface area (TPSA) is 159 Å². The van der Waals surface area contributed by atoms with Crippen molar-refractivity contribution in [2.45, 2.75) is 39.7 Å². The van der Waals surface area contributed by atoms with Crippen LogP contribution in [0.5, 0.6) is 0 Å². The van der Waals surface area contributed by atoms with Gasteiger partial charge in [-0.1, -0.05) is 25.9 Å². The van der Waals surface area contributed by atoms with Gasteiger partial charge in [0.25, 0.3) is 0 Å². The summed E-state index contributed by atoms with van der Waals surface area (Å²) < 4.78 is 5.17. The van der Waals surface area contributed by atoms with Gasteiger partial charge in [-0.3, -0.25) is 14.4 Å². The molecule has 1 aromatic rings. The van der Waals surface area contributed by atoms with Gasteiger partial charge in [0.1, 0.15) is 6.04 Å². The quantitative estimate of drug-likeness (QED) is 0.144. The van der Waals surface area contributed by atoms with Crippen LogP contribution in [0.25, 0.3) is 0 Å². The molecule has 3 rings (SSSR count). The summed E-state index contributed by atoms with van der Waals surface area (Å²) in [6, 6.07) is 5.57. The summed E-state index contributed by atoms with van der Waals surface area (Å²) >= 11 is 0. The highest BCUT2D eigenvalue weighted by Gasteiger charge is 2.33. The fraction of sp³-hybridized carbons (Fsp3) is 0.577. The highest BCUT2D eigenvalue weighted by Crippen LogP contribution is 2.22. The van der Waals surface area contributed by atoms with Crippen molar-refractivity contribution in [3.8, 4) is 0 Å². The highest BCUT2D eigenvalue weighted by molar-refractivity contribution is 6.02. The number of anilines is 1. The first kappa shape index (κ1) is 29.7. The van der Waals surface area contributed by atoms with E-state index in [1.54, 1.807) is 34.1 Å². The SMILES string of the molecule is CN1CCN(C(=O)ON=C(N)c2ccc(N3CCC(NC(=O)NCCC(=O)OCC(C)(C)C)C3=O)cc2)CC1. The zero-order chi connectivity index (χ0) is 28.6. The van der Waals surface area contributed by atoms with Gasteiger partial charge in [0, 0.05) is 50.5 Å². The Morgan fingerprint density at radius 3 is 2.38 bits per heavy atom. The number of likely N-dealkylation sites (N-methyl/N-ethyl adjacent to an activating group) is 1. The van der Waals surface area contributed by atoms with Gasteiger partial charge in [-0.2, -0.15) is 0 Å². The molecule has 4 amide bonds. The number of hydrogen-bond acceptors (Lipinski definition) is 8. The Morgan fingerprint density at radius 2 is 1.74 bits per heavy atom. The third-order valence-electron chi connectivity index (χ3n) is 6.25.